The average molecular weight is 540 g/mol. The molecule has 3 atom stereocenters. The van der Waals surface area contributed by atoms with Crippen molar-refractivity contribution in [1.29, 1.82) is 0 Å². The number of amides is 1. The molecule has 1 amide bonds. The molecule has 2 heterocycles. The zero-order chi connectivity index (χ0) is 27.7. The number of aromatic carboxylic acids is 1. The summed E-state index contributed by atoms with van der Waals surface area (Å²) in [6.07, 6.45) is 6.65. The molecule has 3 aliphatic rings. The van der Waals surface area contributed by atoms with Crippen LogP contribution in [0.3, 0.4) is 0 Å². The van der Waals surface area contributed by atoms with Crippen LogP contribution in [0.1, 0.15) is 80.8 Å². The quantitative estimate of drug-likeness (QED) is 0.466. The lowest BCUT2D eigenvalue weighted by Crippen LogP contribution is -2.48. The summed E-state index contributed by atoms with van der Waals surface area (Å²) in [4.78, 5) is 52.8. The van der Waals surface area contributed by atoms with Crippen molar-refractivity contribution in [2.75, 3.05) is 13.2 Å². The fourth-order valence-corrected chi connectivity index (χ4v) is 7.27. The van der Waals surface area contributed by atoms with Crippen molar-refractivity contribution < 1.29 is 33.1 Å². The Morgan fingerprint density at radius 1 is 1.05 bits per heavy atom. The van der Waals surface area contributed by atoms with E-state index in [9.17, 15) is 28.7 Å². The minimum absolute atomic E-state index is 0.0104. The zero-order valence-electron chi connectivity index (χ0n) is 22.6. The van der Waals surface area contributed by atoms with Crippen LogP contribution in [-0.4, -0.2) is 52.7 Å². The van der Waals surface area contributed by atoms with Gasteiger partial charge in [-0.05, 0) is 92.4 Å². The number of carboxylic acids is 1. The van der Waals surface area contributed by atoms with Gasteiger partial charge in [0.15, 0.2) is 5.78 Å². The highest BCUT2D eigenvalue weighted by Gasteiger charge is 2.46. The molecule has 1 aromatic carbocycles. The second kappa shape index (κ2) is 11.6. The molecule has 0 spiro atoms. The lowest BCUT2D eigenvalue weighted by Gasteiger charge is -2.36. The maximum Gasteiger partial charge on any atom is 0.371 e. The number of furan rings is 1. The van der Waals surface area contributed by atoms with Crippen LogP contribution in [0, 0.1) is 29.6 Å². The van der Waals surface area contributed by atoms with Gasteiger partial charge < -0.3 is 14.4 Å². The minimum atomic E-state index is -1.15. The summed E-state index contributed by atoms with van der Waals surface area (Å²) in [6, 6.07) is 6.18. The van der Waals surface area contributed by atoms with Gasteiger partial charge in [0.25, 0.3) is 0 Å². The number of carbonyl (C=O) groups is 4. The van der Waals surface area contributed by atoms with Gasteiger partial charge in [0.05, 0.1) is 12.7 Å². The number of ketones is 2. The van der Waals surface area contributed by atoms with E-state index in [-0.39, 0.29) is 60.0 Å². The maximum atomic E-state index is 13.9. The molecule has 5 rings (SSSR count). The van der Waals surface area contributed by atoms with Crippen molar-refractivity contribution in [1.82, 2.24) is 4.90 Å². The van der Waals surface area contributed by atoms with Gasteiger partial charge in [0.1, 0.15) is 11.4 Å². The second-order valence-corrected chi connectivity index (χ2v) is 12.0. The number of likely N-dealkylation sites (tertiary alicyclic amines) is 1. The van der Waals surface area contributed by atoms with Gasteiger partial charge in [-0.25, -0.2) is 4.79 Å². The summed E-state index contributed by atoms with van der Waals surface area (Å²) in [6.45, 7) is 2.15. The van der Waals surface area contributed by atoms with Gasteiger partial charge in [0.2, 0.25) is 11.7 Å². The van der Waals surface area contributed by atoms with Crippen LogP contribution in [0.5, 0.6) is 0 Å². The third-order valence-corrected chi connectivity index (χ3v) is 9.59. The topological polar surface area (TPSA) is 105 Å². The Labute approximate surface area is 228 Å². The zero-order valence-corrected chi connectivity index (χ0v) is 22.6. The van der Waals surface area contributed by atoms with Crippen molar-refractivity contribution in [3.05, 3.63) is 35.6 Å². The molecule has 2 saturated carbocycles. The summed E-state index contributed by atoms with van der Waals surface area (Å²) in [5.41, 5.74) is 1.20. The maximum absolute atomic E-state index is 13.9. The number of hydrogen-bond donors (Lipinski definition) is 1. The molecule has 2 aromatic rings. The van der Waals surface area contributed by atoms with E-state index in [1.165, 1.54) is 6.07 Å². The van der Waals surface area contributed by atoms with Crippen molar-refractivity contribution in [3.63, 3.8) is 0 Å². The highest BCUT2D eigenvalue weighted by molar-refractivity contribution is 5.94. The van der Waals surface area contributed by atoms with Crippen molar-refractivity contribution in [3.8, 4) is 0 Å². The van der Waals surface area contributed by atoms with E-state index in [1.807, 2.05) is 11.8 Å². The van der Waals surface area contributed by atoms with E-state index in [1.54, 1.807) is 18.2 Å². The predicted octanol–water partition coefficient (Wildman–Crippen LogP) is 5.63. The van der Waals surface area contributed by atoms with Gasteiger partial charge >= 0.3 is 5.97 Å². The monoisotopic (exact) mass is 539 g/mol. The molecule has 39 heavy (non-hydrogen) atoms. The molecule has 0 radical (unpaired) electrons. The summed E-state index contributed by atoms with van der Waals surface area (Å²) >= 11 is 0. The van der Waals surface area contributed by atoms with E-state index >= 15 is 0 Å². The Morgan fingerprint density at radius 3 is 2.44 bits per heavy atom. The average Bonchev–Trinajstić information content (AvgIpc) is 3.57. The largest absolute Gasteiger partial charge is 0.475 e. The fraction of sp³-hybridized carbons (Fsp3) is 0.613. The second-order valence-electron chi connectivity index (χ2n) is 12.0. The van der Waals surface area contributed by atoms with Crippen molar-refractivity contribution >= 4 is 34.4 Å². The third kappa shape index (κ3) is 5.80. The number of fused-ring (bicyclic) bond motifs is 1. The van der Waals surface area contributed by atoms with Gasteiger partial charge in [-0.2, -0.15) is 0 Å². The first kappa shape index (κ1) is 27.5. The van der Waals surface area contributed by atoms with Crippen LogP contribution in [0.2, 0.25) is 0 Å². The van der Waals surface area contributed by atoms with Crippen molar-refractivity contribution in [2.24, 2.45) is 29.6 Å². The number of Topliss-reactive ketones (excluding diaryl/α,β-unsaturated/α-hetero) is 2. The lowest BCUT2D eigenvalue weighted by molar-refractivity contribution is -0.143. The van der Waals surface area contributed by atoms with E-state index in [0.717, 1.165) is 50.5 Å². The number of rotatable bonds is 8. The molecule has 2 aliphatic carbocycles. The van der Waals surface area contributed by atoms with E-state index < -0.39 is 12.0 Å². The lowest BCUT2D eigenvalue weighted by atomic mass is 9.74. The van der Waals surface area contributed by atoms with E-state index in [2.05, 4.69) is 0 Å². The summed E-state index contributed by atoms with van der Waals surface area (Å²) in [7, 11) is 0. The smallest absolute Gasteiger partial charge is 0.371 e. The molecule has 1 N–H and O–H groups in total. The van der Waals surface area contributed by atoms with Gasteiger partial charge in [0, 0.05) is 37.1 Å². The number of carbonyl (C=O) groups excluding carboxylic acids is 3. The molecule has 1 saturated heterocycles. The summed E-state index contributed by atoms with van der Waals surface area (Å²) in [5.74, 6) is -0.524. The number of carboxylic acid groups (broad SMARTS) is 1. The molecular formula is C31H38FNO6. The van der Waals surface area contributed by atoms with Crippen LogP contribution in [0.25, 0.3) is 11.0 Å². The highest BCUT2D eigenvalue weighted by atomic mass is 19.1. The Hall–Kier alpha value is -3.03. The SMILES string of the molecule is C[C@H](CF)C1CCC(C(=O)N2CC[C@H](C3CCC(=O)CC3)[C@@H]2C(=O)Cc2ccc3oc(C(=O)O)cc3c2)CC1. The van der Waals surface area contributed by atoms with Crippen LogP contribution in [0.4, 0.5) is 4.39 Å². The molecular weight excluding hydrogens is 501 g/mol. The van der Waals surface area contributed by atoms with E-state index in [0.29, 0.717) is 36.3 Å². The van der Waals surface area contributed by atoms with Crippen LogP contribution < -0.4 is 0 Å². The molecule has 8 heteroatoms. The predicted molar refractivity (Wildman–Crippen MR) is 143 cm³/mol. The van der Waals surface area contributed by atoms with E-state index in [4.69, 9.17) is 4.42 Å². The Kier molecular flexibility index (Phi) is 8.19. The van der Waals surface area contributed by atoms with Gasteiger partial charge in [-0.15, -0.1) is 0 Å². The fourth-order valence-electron chi connectivity index (χ4n) is 7.27. The molecule has 7 nitrogen and oxygen atoms in total. The number of alkyl halides is 1. The Morgan fingerprint density at radius 2 is 1.77 bits per heavy atom. The first-order valence-corrected chi connectivity index (χ1v) is 14.4. The summed E-state index contributed by atoms with van der Waals surface area (Å²) < 4.78 is 18.5. The van der Waals surface area contributed by atoms with Gasteiger partial charge in [-0.3, -0.25) is 18.8 Å². The minimum Gasteiger partial charge on any atom is -0.475 e. The molecule has 210 valence electrons. The normalized spacial score (nSPS) is 27.1. The molecule has 1 aromatic heterocycles. The molecule has 3 fully saturated rings. The third-order valence-electron chi connectivity index (χ3n) is 9.59. The van der Waals surface area contributed by atoms with Crippen LogP contribution >= 0.6 is 0 Å². The Bertz CT molecular complexity index is 1230. The number of benzene rings is 1. The molecule has 0 bridgehead atoms. The van der Waals surface area contributed by atoms with Crippen molar-refractivity contribution in [2.45, 2.75) is 77.2 Å². The van der Waals surface area contributed by atoms with Crippen LogP contribution in [0.15, 0.2) is 28.7 Å². The van der Waals surface area contributed by atoms with Crippen LogP contribution in [-0.2, 0) is 20.8 Å². The number of halogens is 1. The first-order chi connectivity index (χ1) is 18.7. The Balaban J connectivity index is 1.35. The summed E-state index contributed by atoms with van der Waals surface area (Å²) in [5, 5.41) is 9.86. The first-order valence-electron chi connectivity index (χ1n) is 14.4. The molecule has 1 aliphatic heterocycles. The highest BCUT2D eigenvalue weighted by Crippen LogP contribution is 2.41. The standard InChI is InChI=1S/C31H38FNO6/c1-18(17-32)20-3-5-22(6-4-20)30(36)33-13-12-25(21-7-9-24(34)10-8-21)29(33)26(35)15-19-2-11-27-23(14-19)16-28(39-27)31(37)38/h2,11,14,16,18,20-22,25,29H,3-10,12-13,15,17H2,1H3,(H,37,38)/t18-,20?,22?,25-,29-/m1/s1. The molecule has 0 unspecified atom stereocenters. The van der Waals surface area contributed by atoms with Gasteiger partial charge in [-0.1, -0.05) is 13.0 Å². The number of hydrogen-bond acceptors (Lipinski definition) is 5. The number of nitrogens with zero attached hydrogens (tertiary/aromatic N) is 1.